The molecule has 1 aromatic heterocycles. The molecule has 2 aromatic rings. The molecule has 4 rings (SSSR count). The number of alkyl halides is 1. The Morgan fingerprint density at radius 2 is 2.08 bits per heavy atom. The maximum absolute atomic E-state index is 12.3. The maximum Gasteiger partial charge on any atom is 0.251 e. The molecule has 1 atom stereocenters. The van der Waals surface area contributed by atoms with Gasteiger partial charge in [-0.3, -0.25) is 4.79 Å². The molecule has 2 heterocycles. The summed E-state index contributed by atoms with van der Waals surface area (Å²) < 4.78 is 20.2. The number of carbonyl (C=O) groups is 1. The molecule has 1 saturated heterocycles. The Labute approximate surface area is 153 Å². The van der Waals surface area contributed by atoms with Crippen molar-refractivity contribution in [2.45, 2.75) is 32.1 Å². The molecule has 140 valence electrons. The second kappa shape index (κ2) is 7.39. The van der Waals surface area contributed by atoms with Crippen LogP contribution in [-0.4, -0.2) is 36.9 Å². The number of hydrogen-bond acceptors (Lipinski definition) is 2. The Kier molecular flexibility index (Phi) is 4.98. The van der Waals surface area contributed by atoms with Crippen LogP contribution in [0.4, 0.5) is 4.39 Å². The van der Waals surface area contributed by atoms with Gasteiger partial charge in [0, 0.05) is 49.0 Å². The standard InChI is InChI=1S/C21H27FN2O2/c1-24-19-4-2-15(14-6-10-26-11-7-14)12-17(19)18-13-16(3-5-20(18)24)21(25)23-9-8-22/h3,5,13-15H,2,4,6-12H2,1H3,(H,23,25). The number of carbonyl (C=O) groups excluding carboxylic acids is 1. The van der Waals surface area contributed by atoms with Gasteiger partial charge in [-0.1, -0.05) is 0 Å². The van der Waals surface area contributed by atoms with Crippen molar-refractivity contribution < 1.29 is 13.9 Å². The van der Waals surface area contributed by atoms with E-state index in [-0.39, 0.29) is 12.5 Å². The SMILES string of the molecule is Cn1c2c(c3cc(C(=O)NCCF)ccc31)CC(C1CCOCC1)CC2. The van der Waals surface area contributed by atoms with Gasteiger partial charge in [0.1, 0.15) is 6.67 Å². The number of benzene rings is 1. The lowest BCUT2D eigenvalue weighted by Gasteiger charge is -2.33. The third-order valence-corrected chi connectivity index (χ3v) is 6.23. The van der Waals surface area contributed by atoms with Crippen LogP contribution in [0.3, 0.4) is 0 Å². The van der Waals surface area contributed by atoms with Gasteiger partial charge >= 0.3 is 0 Å². The van der Waals surface area contributed by atoms with Crippen molar-refractivity contribution in [2.75, 3.05) is 26.4 Å². The first kappa shape index (κ1) is 17.5. The van der Waals surface area contributed by atoms with E-state index in [9.17, 15) is 9.18 Å². The lowest BCUT2D eigenvalue weighted by atomic mass is 9.75. The molecule has 4 nitrogen and oxygen atoms in total. The zero-order valence-corrected chi connectivity index (χ0v) is 15.4. The highest BCUT2D eigenvalue weighted by atomic mass is 19.1. The van der Waals surface area contributed by atoms with Crippen LogP contribution in [0.1, 0.15) is 40.9 Å². The topological polar surface area (TPSA) is 43.3 Å². The van der Waals surface area contributed by atoms with Gasteiger partial charge in [0.15, 0.2) is 0 Å². The molecular formula is C21H27FN2O2. The quantitative estimate of drug-likeness (QED) is 0.910. The lowest BCUT2D eigenvalue weighted by Crippen LogP contribution is -2.28. The average Bonchev–Trinajstić information content (AvgIpc) is 2.98. The van der Waals surface area contributed by atoms with E-state index < -0.39 is 6.67 Å². The number of rotatable bonds is 4. The van der Waals surface area contributed by atoms with Crippen LogP contribution in [0.25, 0.3) is 10.9 Å². The van der Waals surface area contributed by atoms with Crippen LogP contribution in [0, 0.1) is 11.8 Å². The largest absolute Gasteiger partial charge is 0.381 e. The highest BCUT2D eigenvalue weighted by molar-refractivity contribution is 5.99. The van der Waals surface area contributed by atoms with Crippen LogP contribution >= 0.6 is 0 Å². The van der Waals surface area contributed by atoms with E-state index in [1.54, 1.807) is 0 Å². The van der Waals surface area contributed by atoms with E-state index in [0.717, 1.165) is 32.0 Å². The number of fused-ring (bicyclic) bond motifs is 3. The van der Waals surface area contributed by atoms with Gasteiger partial charge in [0.2, 0.25) is 0 Å². The fourth-order valence-electron chi connectivity index (χ4n) is 4.80. The minimum atomic E-state index is -0.540. The molecule has 26 heavy (non-hydrogen) atoms. The third-order valence-electron chi connectivity index (χ3n) is 6.23. The van der Waals surface area contributed by atoms with E-state index in [0.29, 0.717) is 11.5 Å². The Hall–Kier alpha value is -1.88. The first-order valence-electron chi connectivity index (χ1n) is 9.71. The van der Waals surface area contributed by atoms with Gasteiger partial charge in [-0.25, -0.2) is 4.39 Å². The minimum Gasteiger partial charge on any atom is -0.381 e. The Balaban J connectivity index is 1.65. The summed E-state index contributed by atoms with van der Waals surface area (Å²) in [5.41, 5.74) is 4.62. The molecule has 1 N–H and O–H groups in total. The third kappa shape index (κ3) is 3.13. The molecule has 1 amide bonds. The van der Waals surface area contributed by atoms with Crippen molar-refractivity contribution in [1.29, 1.82) is 0 Å². The van der Waals surface area contributed by atoms with Gasteiger partial charge in [0.05, 0.1) is 0 Å². The fraction of sp³-hybridized carbons (Fsp3) is 0.571. The van der Waals surface area contributed by atoms with Gasteiger partial charge in [0.25, 0.3) is 5.91 Å². The molecule has 1 unspecified atom stereocenters. The molecular weight excluding hydrogens is 331 g/mol. The summed E-state index contributed by atoms with van der Waals surface area (Å²) in [6.07, 6.45) is 5.77. The number of aromatic nitrogens is 1. The van der Waals surface area contributed by atoms with Crippen molar-refractivity contribution in [3.05, 3.63) is 35.0 Å². The molecule has 1 fully saturated rings. The summed E-state index contributed by atoms with van der Waals surface area (Å²) in [4.78, 5) is 12.2. The van der Waals surface area contributed by atoms with Crippen LogP contribution < -0.4 is 5.32 Å². The summed E-state index contributed by atoms with van der Waals surface area (Å²) in [7, 11) is 2.12. The van der Waals surface area contributed by atoms with Gasteiger partial charge in [-0.15, -0.1) is 0 Å². The molecule has 2 aliphatic rings. The van der Waals surface area contributed by atoms with Gasteiger partial charge in [-0.2, -0.15) is 0 Å². The highest BCUT2D eigenvalue weighted by Gasteiger charge is 2.30. The summed E-state index contributed by atoms with van der Waals surface area (Å²) in [6, 6.07) is 5.87. The molecule has 0 spiro atoms. The number of hydrogen-bond donors (Lipinski definition) is 1. The number of halogens is 1. The molecule has 1 aliphatic carbocycles. The first-order chi connectivity index (χ1) is 12.7. The van der Waals surface area contributed by atoms with E-state index in [1.165, 1.54) is 41.4 Å². The molecule has 1 aromatic carbocycles. The normalized spacial score (nSPS) is 20.9. The highest BCUT2D eigenvalue weighted by Crippen LogP contribution is 2.39. The summed E-state index contributed by atoms with van der Waals surface area (Å²) in [5, 5.41) is 3.81. The summed E-state index contributed by atoms with van der Waals surface area (Å²) >= 11 is 0. The van der Waals surface area contributed by atoms with Crippen LogP contribution in [-0.2, 0) is 24.6 Å². The van der Waals surface area contributed by atoms with Gasteiger partial charge < -0.3 is 14.6 Å². The fourth-order valence-corrected chi connectivity index (χ4v) is 4.80. The Morgan fingerprint density at radius 3 is 2.85 bits per heavy atom. The molecule has 1 aliphatic heterocycles. The molecule has 0 bridgehead atoms. The van der Waals surface area contributed by atoms with E-state index in [1.807, 2.05) is 18.2 Å². The maximum atomic E-state index is 12.3. The van der Waals surface area contributed by atoms with Crippen LogP contribution in [0.2, 0.25) is 0 Å². The number of nitrogens with one attached hydrogen (secondary N) is 1. The molecule has 0 radical (unpaired) electrons. The van der Waals surface area contributed by atoms with Crippen molar-refractivity contribution in [1.82, 2.24) is 9.88 Å². The van der Waals surface area contributed by atoms with Crippen LogP contribution in [0.15, 0.2) is 18.2 Å². The summed E-state index contributed by atoms with van der Waals surface area (Å²) in [6.45, 7) is 1.31. The zero-order valence-electron chi connectivity index (χ0n) is 15.4. The van der Waals surface area contributed by atoms with E-state index in [4.69, 9.17) is 4.74 Å². The number of aryl methyl sites for hydroxylation is 1. The predicted octanol–water partition coefficient (Wildman–Crippen LogP) is 3.41. The monoisotopic (exact) mass is 358 g/mol. The average molecular weight is 358 g/mol. The Bertz CT molecular complexity index is 808. The van der Waals surface area contributed by atoms with Crippen molar-refractivity contribution in [2.24, 2.45) is 18.9 Å². The summed E-state index contributed by atoms with van der Waals surface area (Å²) in [5.74, 6) is 1.27. The molecule has 5 heteroatoms. The number of nitrogens with zero attached hydrogens (tertiary/aromatic N) is 1. The second-order valence-electron chi connectivity index (χ2n) is 7.61. The van der Waals surface area contributed by atoms with Gasteiger partial charge in [-0.05, 0) is 67.7 Å². The van der Waals surface area contributed by atoms with Crippen molar-refractivity contribution in [3.63, 3.8) is 0 Å². The Morgan fingerprint density at radius 1 is 1.27 bits per heavy atom. The minimum absolute atomic E-state index is 0.0651. The predicted molar refractivity (Wildman–Crippen MR) is 100 cm³/mol. The number of amides is 1. The van der Waals surface area contributed by atoms with Crippen molar-refractivity contribution in [3.8, 4) is 0 Å². The van der Waals surface area contributed by atoms with Crippen molar-refractivity contribution >= 4 is 16.8 Å². The number of ether oxygens (including phenoxy) is 1. The van der Waals surface area contributed by atoms with E-state index in [2.05, 4.69) is 16.9 Å². The first-order valence-corrected chi connectivity index (χ1v) is 9.71. The second-order valence-corrected chi connectivity index (χ2v) is 7.61. The van der Waals surface area contributed by atoms with E-state index >= 15 is 0 Å². The lowest BCUT2D eigenvalue weighted by molar-refractivity contribution is 0.0439. The zero-order chi connectivity index (χ0) is 18.1. The van der Waals surface area contributed by atoms with Crippen LogP contribution in [0.5, 0.6) is 0 Å². The smallest absolute Gasteiger partial charge is 0.251 e. The molecule has 0 saturated carbocycles.